The van der Waals surface area contributed by atoms with Crippen molar-refractivity contribution in [3.05, 3.63) is 24.3 Å². The molecule has 5 heteroatoms. The summed E-state index contributed by atoms with van der Waals surface area (Å²) in [6.07, 6.45) is 2.43. The fourth-order valence-electron chi connectivity index (χ4n) is 2.83. The second-order valence-electron chi connectivity index (χ2n) is 5.41. The molecule has 1 aromatic rings. The lowest BCUT2D eigenvalue weighted by Gasteiger charge is -2.27. The van der Waals surface area contributed by atoms with Crippen LogP contribution in [0.4, 0.5) is 0 Å². The Balaban J connectivity index is 0.00000242. The third-order valence-electron chi connectivity index (χ3n) is 3.85. The summed E-state index contributed by atoms with van der Waals surface area (Å²) >= 11 is 0. The molecule has 126 valence electrons. The van der Waals surface area contributed by atoms with E-state index in [1.54, 1.807) is 0 Å². The lowest BCUT2D eigenvalue weighted by molar-refractivity contribution is 0.164. The SMILES string of the molecule is CCCN(CCOc1ccccc1OCC)C1CCNC1.Cl. The number of rotatable bonds is 9. The van der Waals surface area contributed by atoms with E-state index in [4.69, 9.17) is 9.47 Å². The van der Waals surface area contributed by atoms with E-state index in [0.717, 1.165) is 37.7 Å². The third kappa shape index (κ3) is 5.67. The second-order valence-corrected chi connectivity index (χ2v) is 5.41. The van der Waals surface area contributed by atoms with Gasteiger partial charge in [-0.05, 0) is 45.0 Å². The Morgan fingerprint density at radius 3 is 2.45 bits per heavy atom. The van der Waals surface area contributed by atoms with Crippen LogP contribution in [0.1, 0.15) is 26.7 Å². The van der Waals surface area contributed by atoms with Gasteiger partial charge in [0, 0.05) is 19.1 Å². The van der Waals surface area contributed by atoms with Crippen molar-refractivity contribution in [3.8, 4) is 11.5 Å². The fourth-order valence-corrected chi connectivity index (χ4v) is 2.83. The third-order valence-corrected chi connectivity index (χ3v) is 3.85. The summed E-state index contributed by atoms with van der Waals surface area (Å²) in [6.45, 7) is 9.96. The summed E-state index contributed by atoms with van der Waals surface area (Å²) in [4.78, 5) is 2.54. The van der Waals surface area contributed by atoms with Crippen molar-refractivity contribution in [1.82, 2.24) is 10.2 Å². The highest BCUT2D eigenvalue weighted by atomic mass is 35.5. The van der Waals surface area contributed by atoms with Crippen LogP contribution in [-0.2, 0) is 0 Å². The first-order chi connectivity index (χ1) is 10.3. The molecule has 0 aliphatic carbocycles. The molecule has 1 unspecified atom stereocenters. The maximum absolute atomic E-state index is 5.94. The second kappa shape index (κ2) is 10.7. The van der Waals surface area contributed by atoms with Gasteiger partial charge in [-0.15, -0.1) is 12.4 Å². The van der Waals surface area contributed by atoms with Crippen molar-refractivity contribution in [2.75, 3.05) is 39.4 Å². The molecule has 0 bridgehead atoms. The van der Waals surface area contributed by atoms with Crippen LogP contribution in [0, 0.1) is 0 Å². The number of ether oxygens (including phenoxy) is 2. The molecule has 1 heterocycles. The van der Waals surface area contributed by atoms with Crippen molar-refractivity contribution >= 4 is 12.4 Å². The number of hydrogen-bond acceptors (Lipinski definition) is 4. The largest absolute Gasteiger partial charge is 0.490 e. The van der Waals surface area contributed by atoms with E-state index in [1.165, 1.54) is 12.8 Å². The summed E-state index contributed by atoms with van der Waals surface area (Å²) in [5.74, 6) is 1.69. The molecule has 4 nitrogen and oxygen atoms in total. The molecular weight excluding hydrogens is 300 g/mol. The van der Waals surface area contributed by atoms with Crippen LogP contribution in [0.3, 0.4) is 0 Å². The van der Waals surface area contributed by atoms with Gasteiger partial charge in [0.1, 0.15) is 6.61 Å². The van der Waals surface area contributed by atoms with Crippen LogP contribution in [0.5, 0.6) is 11.5 Å². The molecule has 1 aliphatic heterocycles. The van der Waals surface area contributed by atoms with Gasteiger partial charge in [-0.3, -0.25) is 4.90 Å². The minimum absolute atomic E-state index is 0. The van der Waals surface area contributed by atoms with Crippen molar-refractivity contribution in [3.63, 3.8) is 0 Å². The minimum Gasteiger partial charge on any atom is -0.490 e. The van der Waals surface area contributed by atoms with Crippen LogP contribution in [0.2, 0.25) is 0 Å². The van der Waals surface area contributed by atoms with E-state index >= 15 is 0 Å². The van der Waals surface area contributed by atoms with E-state index < -0.39 is 0 Å². The van der Waals surface area contributed by atoms with Gasteiger partial charge in [0.15, 0.2) is 11.5 Å². The van der Waals surface area contributed by atoms with E-state index in [9.17, 15) is 0 Å². The fraction of sp³-hybridized carbons (Fsp3) is 0.647. The maximum Gasteiger partial charge on any atom is 0.161 e. The smallest absolute Gasteiger partial charge is 0.161 e. The molecule has 22 heavy (non-hydrogen) atoms. The lowest BCUT2D eigenvalue weighted by atomic mass is 10.2. The Morgan fingerprint density at radius 1 is 1.14 bits per heavy atom. The van der Waals surface area contributed by atoms with E-state index in [-0.39, 0.29) is 12.4 Å². The highest BCUT2D eigenvalue weighted by Gasteiger charge is 2.21. The molecule has 0 spiro atoms. The average molecular weight is 329 g/mol. The zero-order valence-electron chi connectivity index (χ0n) is 13.7. The maximum atomic E-state index is 5.94. The van der Waals surface area contributed by atoms with Crippen LogP contribution in [0.25, 0.3) is 0 Å². The molecule has 1 N–H and O–H groups in total. The van der Waals surface area contributed by atoms with Crippen molar-refractivity contribution in [2.45, 2.75) is 32.7 Å². The molecule has 1 saturated heterocycles. The van der Waals surface area contributed by atoms with Gasteiger partial charge in [0.25, 0.3) is 0 Å². The van der Waals surface area contributed by atoms with Crippen molar-refractivity contribution in [1.29, 1.82) is 0 Å². The Morgan fingerprint density at radius 2 is 1.86 bits per heavy atom. The topological polar surface area (TPSA) is 33.7 Å². The monoisotopic (exact) mass is 328 g/mol. The van der Waals surface area contributed by atoms with Crippen LogP contribution < -0.4 is 14.8 Å². The average Bonchev–Trinajstić information content (AvgIpc) is 3.02. The predicted octanol–water partition coefficient (Wildman–Crippen LogP) is 2.96. The molecule has 0 radical (unpaired) electrons. The summed E-state index contributed by atoms with van der Waals surface area (Å²) in [7, 11) is 0. The number of halogens is 1. The highest BCUT2D eigenvalue weighted by Crippen LogP contribution is 2.26. The lowest BCUT2D eigenvalue weighted by Crippen LogP contribution is -2.40. The number of nitrogens with one attached hydrogen (secondary N) is 1. The molecule has 1 atom stereocenters. The standard InChI is InChI=1S/C17H28N2O2.ClH/c1-3-11-19(15-9-10-18-14-15)12-13-21-17-8-6-5-7-16(17)20-4-2;/h5-8,15,18H,3-4,9-14H2,1-2H3;1H. The number of hydrogen-bond donors (Lipinski definition) is 1. The van der Waals surface area contributed by atoms with Gasteiger partial charge in [-0.25, -0.2) is 0 Å². The normalized spacial score (nSPS) is 17.3. The first kappa shape index (κ1) is 19.1. The van der Waals surface area contributed by atoms with Crippen molar-refractivity contribution < 1.29 is 9.47 Å². The minimum atomic E-state index is 0. The quantitative estimate of drug-likeness (QED) is 0.755. The van der Waals surface area contributed by atoms with Gasteiger partial charge in [0.2, 0.25) is 0 Å². The Hall–Kier alpha value is -0.970. The first-order valence-electron chi connectivity index (χ1n) is 8.14. The van der Waals surface area contributed by atoms with Crippen LogP contribution in [-0.4, -0.2) is 50.3 Å². The molecule has 2 rings (SSSR count). The molecule has 0 amide bonds. The zero-order chi connectivity index (χ0) is 14.9. The number of benzene rings is 1. The summed E-state index contributed by atoms with van der Waals surface area (Å²) in [5, 5.41) is 3.44. The Kier molecular flexibility index (Phi) is 9.28. The first-order valence-corrected chi connectivity index (χ1v) is 8.14. The number of para-hydroxylation sites is 2. The van der Waals surface area contributed by atoms with Gasteiger partial charge in [-0.1, -0.05) is 19.1 Å². The van der Waals surface area contributed by atoms with Crippen molar-refractivity contribution in [2.24, 2.45) is 0 Å². The Labute approximate surface area is 140 Å². The molecule has 0 aromatic heterocycles. The van der Waals surface area contributed by atoms with Gasteiger partial charge >= 0.3 is 0 Å². The molecular formula is C17H29ClN2O2. The van der Waals surface area contributed by atoms with E-state index in [1.807, 2.05) is 31.2 Å². The number of nitrogens with zero attached hydrogens (tertiary/aromatic N) is 1. The van der Waals surface area contributed by atoms with Gasteiger partial charge in [0.05, 0.1) is 6.61 Å². The Bertz CT molecular complexity index is 411. The summed E-state index contributed by atoms with van der Waals surface area (Å²) < 4.78 is 11.5. The van der Waals surface area contributed by atoms with E-state index in [0.29, 0.717) is 19.3 Å². The molecule has 1 aromatic carbocycles. The molecule has 0 saturated carbocycles. The zero-order valence-corrected chi connectivity index (χ0v) is 14.5. The van der Waals surface area contributed by atoms with Crippen LogP contribution >= 0.6 is 12.4 Å². The van der Waals surface area contributed by atoms with Gasteiger partial charge < -0.3 is 14.8 Å². The molecule has 1 fully saturated rings. The van der Waals surface area contributed by atoms with Gasteiger partial charge in [-0.2, -0.15) is 0 Å². The predicted molar refractivity (Wildman–Crippen MR) is 93.5 cm³/mol. The molecule has 1 aliphatic rings. The van der Waals surface area contributed by atoms with Crippen LogP contribution in [0.15, 0.2) is 24.3 Å². The summed E-state index contributed by atoms with van der Waals surface area (Å²) in [6, 6.07) is 8.57. The highest BCUT2D eigenvalue weighted by molar-refractivity contribution is 5.85. The van der Waals surface area contributed by atoms with E-state index in [2.05, 4.69) is 17.1 Å². The summed E-state index contributed by atoms with van der Waals surface area (Å²) in [5.41, 5.74) is 0.